The molecule has 0 fully saturated rings. The maximum Gasteiger partial charge on any atom is 0.335 e. The molecule has 0 aromatic rings. The van der Waals surface area contributed by atoms with E-state index in [1.807, 2.05) is 0 Å². The second kappa shape index (κ2) is 3.86. The van der Waals surface area contributed by atoms with Crippen molar-refractivity contribution < 1.29 is 19.1 Å². The van der Waals surface area contributed by atoms with Crippen molar-refractivity contribution in [3.05, 3.63) is 0 Å². The smallest absolute Gasteiger partial charge is 0.324 e. The molecule has 0 spiro atoms. The van der Waals surface area contributed by atoms with Gasteiger partial charge in [-0.3, -0.25) is 4.57 Å². The largest absolute Gasteiger partial charge is 0.335 e. The fourth-order valence-electron chi connectivity index (χ4n) is 0.611. The van der Waals surface area contributed by atoms with E-state index in [-0.39, 0.29) is 6.42 Å². The molecule has 60 valence electrons. The normalized spacial score (nSPS) is 14.7. The van der Waals surface area contributed by atoms with Gasteiger partial charge >= 0.3 is 7.60 Å². The van der Waals surface area contributed by atoms with Crippen molar-refractivity contribution >= 4 is 13.9 Å². The van der Waals surface area contributed by atoms with E-state index < -0.39 is 13.3 Å². The molecule has 0 aliphatic carbocycles. The summed E-state index contributed by atoms with van der Waals surface area (Å²) in [7, 11) is -4.16. The van der Waals surface area contributed by atoms with Gasteiger partial charge in [0.25, 0.3) is 0 Å². The van der Waals surface area contributed by atoms with Crippen molar-refractivity contribution in [2.24, 2.45) is 0 Å². The lowest BCUT2D eigenvalue weighted by molar-refractivity contribution is -0.107. The highest BCUT2D eigenvalue weighted by Gasteiger charge is 2.26. The zero-order valence-electron chi connectivity index (χ0n) is 5.73. The molecule has 0 saturated carbocycles. The third kappa shape index (κ3) is 3.11. The van der Waals surface area contributed by atoms with Crippen LogP contribution in [0.3, 0.4) is 0 Å². The fraction of sp³-hybridized carbons (Fsp3) is 0.800. The molecule has 0 aromatic carbocycles. The van der Waals surface area contributed by atoms with Crippen LogP contribution in [-0.2, 0) is 9.36 Å². The van der Waals surface area contributed by atoms with Gasteiger partial charge in [-0.15, -0.1) is 0 Å². The molecule has 0 aliphatic heterocycles. The molecule has 1 unspecified atom stereocenters. The molecule has 5 heteroatoms. The van der Waals surface area contributed by atoms with Gasteiger partial charge in [-0.1, -0.05) is 13.3 Å². The van der Waals surface area contributed by atoms with Crippen LogP contribution >= 0.6 is 7.60 Å². The van der Waals surface area contributed by atoms with Crippen LogP contribution < -0.4 is 0 Å². The monoisotopic (exact) mass is 166 g/mol. The van der Waals surface area contributed by atoms with Crippen LogP contribution in [0.4, 0.5) is 0 Å². The van der Waals surface area contributed by atoms with Gasteiger partial charge in [0, 0.05) is 0 Å². The summed E-state index contributed by atoms with van der Waals surface area (Å²) in [6.07, 6.45) is 1.19. The first-order chi connectivity index (χ1) is 4.52. The molecule has 2 N–H and O–H groups in total. The molecule has 10 heavy (non-hydrogen) atoms. The first-order valence-corrected chi connectivity index (χ1v) is 4.71. The fourth-order valence-corrected chi connectivity index (χ4v) is 1.36. The summed E-state index contributed by atoms with van der Waals surface area (Å²) in [5.74, 6) is 0. The van der Waals surface area contributed by atoms with Gasteiger partial charge in [0.05, 0.1) is 0 Å². The highest BCUT2D eigenvalue weighted by Crippen LogP contribution is 2.41. The van der Waals surface area contributed by atoms with Crippen molar-refractivity contribution in [1.29, 1.82) is 0 Å². The van der Waals surface area contributed by atoms with Crippen LogP contribution in [0.1, 0.15) is 19.8 Å². The Kier molecular flexibility index (Phi) is 3.79. The molecule has 0 heterocycles. The van der Waals surface area contributed by atoms with Crippen molar-refractivity contribution in [3.8, 4) is 0 Å². The van der Waals surface area contributed by atoms with Gasteiger partial charge in [0.1, 0.15) is 11.9 Å². The van der Waals surface area contributed by atoms with Gasteiger partial charge in [-0.05, 0) is 6.42 Å². The van der Waals surface area contributed by atoms with Crippen LogP contribution in [0, 0.1) is 0 Å². The van der Waals surface area contributed by atoms with Gasteiger partial charge < -0.3 is 14.6 Å². The molecule has 1 atom stereocenters. The molecule has 0 saturated heterocycles. The number of carbonyl (C=O) groups is 1. The van der Waals surface area contributed by atoms with E-state index in [0.29, 0.717) is 12.7 Å². The van der Waals surface area contributed by atoms with Crippen LogP contribution in [0.15, 0.2) is 0 Å². The average Bonchev–Trinajstić information content (AvgIpc) is 1.80. The van der Waals surface area contributed by atoms with E-state index in [4.69, 9.17) is 9.79 Å². The number of aldehydes is 1. The summed E-state index contributed by atoms with van der Waals surface area (Å²) in [5.41, 5.74) is -1.10. The summed E-state index contributed by atoms with van der Waals surface area (Å²) in [6, 6.07) is 0. The van der Waals surface area contributed by atoms with E-state index in [1.54, 1.807) is 6.92 Å². The molecule has 0 bridgehead atoms. The first kappa shape index (κ1) is 9.82. The second-order valence-corrected chi connectivity index (χ2v) is 3.92. The van der Waals surface area contributed by atoms with Gasteiger partial charge in [-0.25, -0.2) is 0 Å². The summed E-state index contributed by atoms with van der Waals surface area (Å²) >= 11 is 0. The average molecular weight is 166 g/mol. The SMILES string of the molecule is CCCC(C=O)P(=O)(O)O. The zero-order chi connectivity index (χ0) is 8.20. The number of hydrogen-bond donors (Lipinski definition) is 2. The molecule has 4 nitrogen and oxygen atoms in total. The van der Waals surface area contributed by atoms with E-state index in [9.17, 15) is 9.36 Å². The molecular weight excluding hydrogens is 155 g/mol. The molecule has 0 amide bonds. The van der Waals surface area contributed by atoms with E-state index in [1.165, 1.54) is 0 Å². The topological polar surface area (TPSA) is 74.6 Å². The van der Waals surface area contributed by atoms with Crippen molar-refractivity contribution in [2.75, 3.05) is 0 Å². The van der Waals surface area contributed by atoms with Crippen LogP contribution in [0.5, 0.6) is 0 Å². The van der Waals surface area contributed by atoms with Crippen LogP contribution in [0.25, 0.3) is 0 Å². The Bertz CT molecular complexity index is 150. The number of hydrogen-bond acceptors (Lipinski definition) is 2. The summed E-state index contributed by atoms with van der Waals surface area (Å²) in [6.45, 7) is 1.77. The lowest BCUT2D eigenvalue weighted by atomic mass is 10.3. The highest BCUT2D eigenvalue weighted by molar-refractivity contribution is 7.53. The van der Waals surface area contributed by atoms with Crippen molar-refractivity contribution in [3.63, 3.8) is 0 Å². The number of carbonyl (C=O) groups excluding carboxylic acids is 1. The Hall–Kier alpha value is -0.180. The maximum absolute atomic E-state index is 10.4. The Balaban J connectivity index is 4.07. The van der Waals surface area contributed by atoms with Crippen molar-refractivity contribution in [1.82, 2.24) is 0 Å². The van der Waals surface area contributed by atoms with Crippen molar-refractivity contribution in [2.45, 2.75) is 25.4 Å². The van der Waals surface area contributed by atoms with E-state index in [0.717, 1.165) is 0 Å². The molecular formula is C5H11O4P. The predicted octanol–water partition coefficient (Wildman–Crippen LogP) is 0.532. The Labute approximate surface area is 59.4 Å². The second-order valence-electron chi connectivity index (χ2n) is 2.08. The third-order valence-corrected chi connectivity index (χ3v) is 2.42. The van der Waals surface area contributed by atoms with Gasteiger partial charge in [0.15, 0.2) is 0 Å². The Morgan fingerprint density at radius 2 is 2.10 bits per heavy atom. The van der Waals surface area contributed by atoms with Gasteiger partial charge in [-0.2, -0.15) is 0 Å². The summed E-state index contributed by atoms with van der Waals surface area (Å²) in [4.78, 5) is 27.0. The minimum absolute atomic E-state index is 0.258. The lowest BCUT2D eigenvalue weighted by Gasteiger charge is -2.09. The number of rotatable bonds is 4. The van der Waals surface area contributed by atoms with E-state index in [2.05, 4.69) is 0 Å². The lowest BCUT2D eigenvalue weighted by Crippen LogP contribution is -2.08. The molecule has 0 aromatic heterocycles. The highest BCUT2D eigenvalue weighted by atomic mass is 31.2. The third-order valence-electron chi connectivity index (χ3n) is 1.17. The molecule has 0 radical (unpaired) electrons. The van der Waals surface area contributed by atoms with Gasteiger partial charge in [0.2, 0.25) is 0 Å². The Morgan fingerprint density at radius 1 is 1.60 bits per heavy atom. The van der Waals surface area contributed by atoms with Crippen LogP contribution in [0.2, 0.25) is 0 Å². The van der Waals surface area contributed by atoms with Crippen LogP contribution in [-0.4, -0.2) is 21.7 Å². The zero-order valence-corrected chi connectivity index (χ0v) is 6.62. The minimum Gasteiger partial charge on any atom is -0.324 e. The Morgan fingerprint density at radius 3 is 2.20 bits per heavy atom. The molecule has 0 aliphatic rings. The first-order valence-electron chi connectivity index (χ1n) is 3.03. The maximum atomic E-state index is 10.4. The predicted molar refractivity (Wildman–Crippen MR) is 36.8 cm³/mol. The molecule has 0 rings (SSSR count). The summed E-state index contributed by atoms with van der Waals surface area (Å²) < 4.78 is 10.4. The standard InChI is InChI=1S/C5H11O4P/c1-2-3-5(4-6)10(7,8)9/h4-5H,2-3H2,1H3,(H2,7,8,9). The quantitative estimate of drug-likeness (QED) is 0.472. The minimum atomic E-state index is -4.16. The summed E-state index contributed by atoms with van der Waals surface area (Å²) in [5, 5.41) is 0. The van der Waals surface area contributed by atoms with E-state index >= 15 is 0 Å².